The van der Waals surface area contributed by atoms with Crippen LogP contribution < -0.4 is 4.90 Å². The number of ether oxygens (including phenoxy) is 1. The fourth-order valence-corrected chi connectivity index (χ4v) is 1.42. The molecule has 0 unspecified atom stereocenters. The number of carbonyl (C=O) groups is 1. The number of nitrogens with zero attached hydrogens (tertiary/aromatic N) is 1. The fraction of sp³-hybridized carbons (Fsp3) is 0.357. The molecule has 0 atom stereocenters. The van der Waals surface area contributed by atoms with Gasteiger partial charge >= 0.3 is 5.97 Å². The van der Waals surface area contributed by atoms with E-state index in [4.69, 9.17) is 4.74 Å². The Bertz CT molecular complexity index is 405. The Morgan fingerprint density at radius 2 is 1.88 bits per heavy atom. The minimum Gasteiger partial charge on any atom is -0.463 e. The van der Waals surface area contributed by atoms with Crippen LogP contribution in [0.2, 0.25) is 0 Å². The van der Waals surface area contributed by atoms with E-state index >= 15 is 0 Å². The Labute approximate surface area is 103 Å². The van der Waals surface area contributed by atoms with Crippen molar-refractivity contribution in [3.63, 3.8) is 0 Å². The SMILES string of the molecule is CCOC(=O)C(C)=Cc1ccc(N(C)C)cc1. The molecule has 0 aliphatic heterocycles. The maximum absolute atomic E-state index is 11.4. The second-order valence-corrected chi connectivity index (χ2v) is 4.03. The highest BCUT2D eigenvalue weighted by molar-refractivity contribution is 5.93. The van der Waals surface area contributed by atoms with Crippen LogP contribution >= 0.6 is 0 Å². The van der Waals surface area contributed by atoms with Gasteiger partial charge in [-0.15, -0.1) is 0 Å². The molecule has 92 valence electrons. The molecular weight excluding hydrogens is 214 g/mol. The Hall–Kier alpha value is -1.77. The number of anilines is 1. The molecule has 0 spiro atoms. The smallest absolute Gasteiger partial charge is 0.333 e. The second kappa shape index (κ2) is 6.09. The molecule has 0 saturated heterocycles. The summed E-state index contributed by atoms with van der Waals surface area (Å²) in [6, 6.07) is 8.00. The number of hydrogen-bond acceptors (Lipinski definition) is 3. The third-order valence-electron chi connectivity index (χ3n) is 2.39. The lowest BCUT2D eigenvalue weighted by Crippen LogP contribution is -2.08. The molecule has 0 aliphatic carbocycles. The quantitative estimate of drug-likeness (QED) is 0.591. The first-order valence-corrected chi connectivity index (χ1v) is 5.67. The summed E-state index contributed by atoms with van der Waals surface area (Å²) in [6.07, 6.45) is 1.83. The van der Waals surface area contributed by atoms with Gasteiger partial charge in [-0.25, -0.2) is 4.79 Å². The zero-order chi connectivity index (χ0) is 12.8. The zero-order valence-corrected chi connectivity index (χ0v) is 10.9. The van der Waals surface area contributed by atoms with Crippen LogP contribution in [0, 0.1) is 0 Å². The van der Waals surface area contributed by atoms with E-state index in [0.717, 1.165) is 11.3 Å². The first-order valence-electron chi connectivity index (χ1n) is 5.67. The number of carbonyl (C=O) groups excluding carboxylic acids is 1. The molecule has 0 aliphatic rings. The number of benzene rings is 1. The molecule has 3 nitrogen and oxygen atoms in total. The number of esters is 1. The van der Waals surface area contributed by atoms with E-state index in [1.54, 1.807) is 13.8 Å². The molecule has 0 amide bonds. The van der Waals surface area contributed by atoms with Crippen molar-refractivity contribution in [2.24, 2.45) is 0 Å². The van der Waals surface area contributed by atoms with E-state index in [9.17, 15) is 4.79 Å². The van der Waals surface area contributed by atoms with Gasteiger partial charge in [-0.05, 0) is 37.6 Å². The van der Waals surface area contributed by atoms with Crippen molar-refractivity contribution in [2.75, 3.05) is 25.6 Å². The minimum atomic E-state index is -0.260. The highest BCUT2D eigenvalue weighted by Crippen LogP contribution is 2.14. The molecule has 0 aromatic heterocycles. The Morgan fingerprint density at radius 3 is 2.35 bits per heavy atom. The molecule has 1 rings (SSSR count). The summed E-state index contributed by atoms with van der Waals surface area (Å²) in [5.41, 5.74) is 2.75. The number of hydrogen-bond donors (Lipinski definition) is 0. The molecule has 3 heteroatoms. The third kappa shape index (κ3) is 3.94. The monoisotopic (exact) mass is 233 g/mol. The van der Waals surface area contributed by atoms with Crippen LogP contribution in [0.1, 0.15) is 19.4 Å². The summed E-state index contributed by atoms with van der Waals surface area (Å²) in [7, 11) is 3.99. The molecule has 0 heterocycles. The van der Waals surface area contributed by atoms with Gasteiger partial charge in [0, 0.05) is 25.4 Å². The van der Waals surface area contributed by atoms with Crippen molar-refractivity contribution in [2.45, 2.75) is 13.8 Å². The molecule has 0 bridgehead atoms. The Morgan fingerprint density at radius 1 is 1.29 bits per heavy atom. The van der Waals surface area contributed by atoms with Gasteiger partial charge in [-0.1, -0.05) is 12.1 Å². The topological polar surface area (TPSA) is 29.5 Å². The van der Waals surface area contributed by atoms with Crippen molar-refractivity contribution >= 4 is 17.7 Å². The van der Waals surface area contributed by atoms with Crippen LogP contribution in [0.4, 0.5) is 5.69 Å². The molecule has 1 aromatic rings. The average Bonchev–Trinajstić information content (AvgIpc) is 2.30. The molecular formula is C14H19NO2. The van der Waals surface area contributed by atoms with Gasteiger partial charge in [0.2, 0.25) is 0 Å². The van der Waals surface area contributed by atoms with Gasteiger partial charge in [0.05, 0.1) is 6.61 Å². The van der Waals surface area contributed by atoms with Crippen LogP contribution in [-0.4, -0.2) is 26.7 Å². The highest BCUT2D eigenvalue weighted by atomic mass is 16.5. The van der Waals surface area contributed by atoms with Gasteiger partial charge < -0.3 is 9.64 Å². The molecule has 0 radical (unpaired) electrons. The zero-order valence-electron chi connectivity index (χ0n) is 10.9. The lowest BCUT2D eigenvalue weighted by Gasteiger charge is -2.12. The predicted octanol–water partition coefficient (Wildman–Crippen LogP) is 2.72. The van der Waals surface area contributed by atoms with Gasteiger partial charge in [0.1, 0.15) is 0 Å². The molecule has 0 fully saturated rings. The lowest BCUT2D eigenvalue weighted by atomic mass is 10.1. The number of rotatable bonds is 4. The van der Waals surface area contributed by atoms with E-state index in [-0.39, 0.29) is 5.97 Å². The minimum absolute atomic E-state index is 0.260. The summed E-state index contributed by atoms with van der Waals surface area (Å²) in [5, 5.41) is 0. The molecule has 1 aromatic carbocycles. The Kier molecular flexibility index (Phi) is 4.76. The lowest BCUT2D eigenvalue weighted by molar-refractivity contribution is -0.138. The maximum Gasteiger partial charge on any atom is 0.333 e. The van der Waals surface area contributed by atoms with Crippen LogP contribution in [0.5, 0.6) is 0 Å². The van der Waals surface area contributed by atoms with Gasteiger partial charge in [-0.3, -0.25) is 0 Å². The van der Waals surface area contributed by atoms with Crippen molar-refractivity contribution in [1.29, 1.82) is 0 Å². The maximum atomic E-state index is 11.4. The standard InChI is InChI=1S/C14H19NO2/c1-5-17-14(16)11(2)10-12-6-8-13(9-7-12)15(3)4/h6-10H,5H2,1-4H3. The van der Waals surface area contributed by atoms with Crippen molar-refractivity contribution in [1.82, 2.24) is 0 Å². The average molecular weight is 233 g/mol. The van der Waals surface area contributed by atoms with Gasteiger partial charge in [0.25, 0.3) is 0 Å². The summed E-state index contributed by atoms with van der Waals surface area (Å²) < 4.78 is 4.92. The third-order valence-corrected chi connectivity index (χ3v) is 2.39. The first-order chi connectivity index (χ1) is 8.04. The molecule has 0 N–H and O–H groups in total. The second-order valence-electron chi connectivity index (χ2n) is 4.03. The van der Waals surface area contributed by atoms with E-state index in [0.29, 0.717) is 12.2 Å². The summed E-state index contributed by atoms with van der Waals surface area (Å²) in [4.78, 5) is 13.5. The van der Waals surface area contributed by atoms with E-state index in [1.807, 2.05) is 49.3 Å². The predicted molar refractivity (Wildman–Crippen MR) is 71.1 cm³/mol. The van der Waals surface area contributed by atoms with Crippen LogP contribution in [0.15, 0.2) is 29.8 Å². The van der Waals surface area contributed by atoms with Crippen molar-refractivity contribution < 1.29 is 9.53 Å². The normalized spacial score (nSPS) is 11.2. The van der Waals surface area contributed by atoms with Crippen LogP contribution in [0.25, 0.3) is 6.08 Å². The molecule has 17 heavy (non-hydrogen) atoms. The largest absolute Gasteiger partial charge is 0.463 e. The summed E-state index contributed by atoms with van der Waals surface area (Å²) >= 11 is 0. The first kappa shape index (κ1) is 13.3. The van der Waals surface area contributed by atoms with Crippen LogP contribution in [-0.2, 0) is 9.53 Å². The summed E-state index contributed by atoms with van der Waals surface area (Å²) in [6.45, 7) is 3.97. The van der Waals surface area contributed by atoms with E-state index in [1.165, 1.54) is 0 Å². The molecule has 0 saturated carbocycles. The fourth-order valence-electron chi connectivity index (χ4n) is 1.42. The van der Waals surface area contributed by atoms with E-state index < -0.39 is 0 Å². The van der Waals surface area contributed by atoms with E-state index in [2.05, 4.69) is 0 Å². The van der Waals surface area contributed by atoms with Gasteiger partial charge in [-0.2, -0.15) is 0 Å². The van der Waals surface area contributed by atoms with Crippen LogP contribution in [0.3, 0.4) is 0 Å². The van der Waals surface area contributed by atoms with Gasteiger partial charge in [0.15, 0.2) is 0 Å². The Balaban J connectivity index is 2.80. The van der Waals surface area contributed by atoms with Crippen molar-refractivity contribution in [3.8, 4) is 0 Å². The summed E-state index contributed by atoms with van der Waals surface area (Å²) in [5.74, 6) is -0.260. The highest BCUT2D eigenvalue weighted by Gasteiger charge is 2.04. The van der Waals surface area contributed by atoms with Crippen molar-refractivity contribution in [3.05, 3.63) is 35.4 Å².